The van der Waals surface area contributed by atoms with Gasteiger partial charge in [-0.3, -0.25) is 9.59 Å². The Morgan fingerprint density at radius 3 is 2.56 bits per heavy atom. The van der Waals surface area contributed by atoms with Crippen molar-refractivity contribution in [3.63, 3.8) is 0 Å². The number of piperidine rings is 1. The number of hydrogen-bond donors (Lipinski definition) is 2. The number of carbonyl (C=O) groups excluding carboxylic acids is 1. The van der Waals surface area contributed by atoms with E-state index in [1.54, 1.807) is 18.7 Å². The smallest absolute Gasteiger partial charge is 0.308 e. The predicted molar refractivity (Wildman–Crippen MR) is 59.8 cm³/mol. The van der Waals surface area contributed by atoms with E-state index < -0.39 is 11.9 Å². The van der Waals surface area contributed by atoms with Crippen LogP contribution in [-0.2, 0) is 9.59 Å². The number of likely N-dealkylation sites (tertiary alicyclic amines) is 1. The summed E-state index contributed by atoms with van der Waals surface area (Å²) in [4.78, 5) is 24.5. The second kappa shape index (κ2) is 5.30. The van der Waals surface area contributed by atoms with E-state index in [1.165, 1.54) is 0 Å². The number of carboxylic acids is 1. The molecule has 92 valence electrons. The van der Waals surface area contributed by atoms with Crippen LogP contribution in [0.15, 0.2) is 0 Å². The van der Waals surface area contributed by atoms with Gasteiger partial charge < -0.3 is 15.7 Å². The van der Waals surface area contributed by atoms with Gasteiger partial charge in [0.15, 0.2) is 0 Å². The highest BCUT2D eigenvalue weighted by Gasteiger charge is 2.30. The van der Waals surface area contributed by atoms with Crippen LogP contribution >= 0.6 is 0 Å². The SMILES string of the molecule is CC(N)C(C)C(=O)N1CCC[C@H](C(=O)O)C1. The van der Waals surface area contributed by atoms with Crippen molar-refractivity contribution in [3.05, 3.63) is 0 Å². The second-order valence-corrected chi connectivity index (χ2v) is 4.61. The fourth-order valence-corrected chi connectivity index (χ4v) is 1.89. The van der Waals surface area contributed by atoms with Crippen LogP contribution in [-0.4, -0.2) is 41.0 Å². The maximum atomic E-state index is 12.0. The molecular weight excluding hydrogens is 208 g/mol. The summed E-state index contributed by atoms with van der Waals surface area (Å²) in [6, 6.07) is -0.197. The molecule has 5 heteroatoms. The minimum Gasteiger partial charge on any atom is -0.481 e. The van der Waals surface area contributed by atoms with Gasteiger partial charge >= 0.3 is 5.97 Å². The molecule has 3 N–H and O–H groups in total. The summed E-state index contributed by atoms with van der Waals surface area (Å²) in [5.74, 6) is -1.50. The van der Waals surface area contributed by atoms with E-state index in [4.69, 9.17) is 10.8 Å². The molecule has 0 spiro atoms. The van der Waals surface area contributed by atoms with E-state index in [0.717, 1.165) is 6.42 Å². The Kier molecular flexibility index (Phi) is 4.29. The van der Waals surface area contributed by atoms with Gasteiger partial charge in [-0.25, -0.2) is 0 Å². The van der Waals surface area contributed by atoms with E-state index >= 15 is 0 Å². The molecule has 1 aliphatic heterocycles. The van der Waals surface area contributed by atoms with Crippen LogP contribution in [0.25, 0.3) is 0 Å². The molecule has 0 aromatic carbocycles. The van der Waals surface area contributed by atoms with Gasteiger partial charge in [0.2, 0.25) is 5.91 Å². The van der Waals surface area contributed by atoms with E-state index in [-0.39, 0.29) is 17.9 Å². The van der Waals surface area contributed by atoms with Gasteiger partial charge in [-0.15, -0.1) is 0 Å². The highest BCUT2D eigenvalue weighted by atomic mass is 16.4. The van der Waals surface area contributed by atoms with Gasteiger partial charge in [0.05, 0.1) is 11.8 Å². The number of carboxylic acid groups (broad SMARTS) is 1. The first-order valence-electron chi connectivity index (χ1n) is 5.70. The van der Waals surface area contributed by atoms with E-state index in [9.17, 15) is 9.59 Å². The number of amides is 1. The zero-order valence-electron chi connectivity index (χ0n) is 9.85. The van der Waals surface area contributed by atoms with Gasteiger partial charge in [0, 0.05) is 19.1 Å². The zero-order valence-corrected chi connectivity index (χ0v) is 9.85. The Bertz CT molecular complexity index is 278. The van der Waals surface area contributed by atoms with Crippen LogP contribution in [0.1, 0.15) is 26.7 Å². The Labute approximate surface area is 95.6 Å². The van der Waals surface area contributed by atoms with Crippen molar-refractivity contribution in [1.29, 1.82) is 0 Å². The number of carbonyl (C=O) groups is 2. The van der Waals surface area contributed by atoms with Crippen LogP contribution in [0.2, 0.25) is 0 Å². The fraction of sp³-hybridized carbons (Fsp3) is 0.818. The maximum Gasteiger partial charge on any atom is 0.308 e. The number of aliphatic carboxylic acids is 1. The molecule has 3 atom stereocenters. The first-order chi connectivity index (χ1) is 7.43. The lowest BCUT2D eigenvalue weighted by Gasteiger charge is -2.33. The standard InChI is InChI=1S/C11H20N2O3/c1-7(8(2)12)10(14)13-5-3-4-9(6-13)11(15)16/h7-9H,3-6,12H2,1-2H3,(H,15,16)/t7?,8?,9-/m0/s1. The summed E-state index contributed by atoms with van der Waals surface area (Å²) < 4.78 is 0. The Morgan fingerprint density at radius 1 is 1.44 bits per heavy atom. The lowest BCUT2D eigenvalue weighted by Crippen LogP contribution is -2.47. The highest BCUT2D eigenvalue weighted by molar-refractivity contribution is 5.80. The van der Waals surface area contributed by atoms with Crippen molar-refractivity contribution in [1.82, 2.24) is 4.90 Å². The molecule has 0 saturated carbocycles. The molecule has 1 amide bonds. The van der Waals surface area contributed by atoms with Crippen LogP contribution in [0.5, 0.6) is 0 Å². The molecule has 1 aliphatic rings. The van der Waals surface area contributed by atoms with E-state index in [1.807, 2.05) is 0 Å². The first kappa shape index (κ1) is 13.0. The Balaban J connectivity index is 2.60. The zero-order chi connectivity index (χ0) is 12.3. The highest BCUT2D eigenvalue weighted by Crippen LogP contribution is 2.19. The molecule has 5 nitrogen and oxygen atoms in total. The van der Waals surface area contributed by atoms with Crippen LogP contribution in [0, 0.1) is 11.8 Å². The average molecular weight is 228 g/mol. The maximum absolute atomic E-state index is 12.0. The third kappa shape index (κ3) is 2.95. The van der Waals surface area contributed by atoms with Crippen LogP contribution < -0.4 is 5.73 Å². The Hall–Kier alpha value is -1.10. The molecule has 1 saturated heterocycles. The molecule has 1 heterocycles. The molecule has 0 aromatic rings. The van der Waals surface area contributed by atoms with Crippen LogP contribution in [0.3, 0.4) is 0 Å². The van der Waals surface area contributed by atoms with Gasteiger partial charge in [-0.05, 0) is 19.8 Å². The summed E-state index contributed by atoms with van der Waals surface area (Å²) in [5, 5.41) is 8.92. The topological polar surface area (TPSA) is 83.6 Å². The first-order valence-corrected chi connectivity index (χ1v) is 5.70. The van der Waals surface area contributed by atoms with Gasteiger partial charge in [0.1, 0.15) is 0 Å². The minimum absolute atomic E-state index is 0.0269. The summed E-state index contributed by atoms with van der Waals surface area (Å²) in [6.07, 6.45) is 1.42. The van der Waals surface area contributed by atoms with Crippen molar-refractivity contribution < 1.29 is 14.7 Å². The number of nitrogens with zero attached hydrogens (tertiary/aromatic N) is 1. The van der Waals surface area contributed by atoms with Gasteiger partial charge in [0.25, 0.3) is 0 Å². The second-order valence-electron chi connectivity index (χ2n) is 4.61. The van der Waals surface area contributed by atoms with Crippen molar-refractivity contribution in [2.75, 3.05) is 13.1 Å². The molecule has 16 heavy (non-hydrogen) atoms. The van der Waals surface area contributed by atoms with Crippen LogP contribution in [0.4, 0.5) is 0 Å². The molecule has 1 rings (SSSR count). The summed E-state index contributed by atoms with van der Waals surface area (Å²) in [5.41, 5.74) is 5.67. The summed E-state index contributed by atoms with van der Waals surface area (Å²) in [6.45, 7) is 4.56. The van der Waals surface area contributed by atoms with Crippen molar-refractivity contribution in [2.45, 2.75) is 32.7 Å². The normalized spacial score (nSPS) is 24.9. The summed E-state index contributed by atoms with van der Waals surface area (Å²) in [7, 11) is 0. The minimum atomic E-state index is -0.814. The third-order valence-corrected chi connectivity index (χ3v) is 3.26. The number of rotatable bonds is 3. The monoisotopic (exact) mass is 228 g/mol. The van der Waals surface area contributed by atoms with Gasteiger partial charge in [-0.2, -0.15) is 0 Å². The summed E-state index contributed by atoms with van der Waals surface area (Å²) >= 11 is 0. The molecule has 0 aliphatic carbocycles. The fourth-order valence-electron chi connectivity index (χ4n) is 1.89. The van der Waals surface area contributed by atoms with Crippen molar-refractivity contribution in [2.24, 2.45) is 17.6 Å². The molecule has 0 bridgehead atoms. The molecule has 2 unspecified atom stereocenters. The number of nitrogens with two attached hydrogens (primary N) is 1. The molecule has 0 radical (unpaired) electrons. The Morgan fingerprint density at radius 2 is 2.06 bits per heavy atom. The van der Waals surface area contributed by atoms with Crippen molar-refractivity contribution >= 4 is 11.9 Å². The quantitative estimate of drug-likeness (QED) is 0.727. The van der Waals surface area contributed by atoms with Gasteiger partial charge in [-0.1, -0.05) is 6.92 Å². The number of hydrogen-bond acceptors (Lipinski definition) is 3. The average Bonchev–Trinajstić information content (AvgIpc) is 2.27. The predicted octanol–water partition coefficient (Wildman–Crippen LogP) is 0.293. The molecule has 0 aromatic heterocycles. The third-order valence-electron chi connectivity index (χ3n) is 3.26. The lowest BCUT2D eigenvalue weighted by molar-refractivity contribution is -0.146. The largest absolute Gasteiger partial charge is 0.481 e. The lowest BCUT2D eigenvalue weighted by atomic mass is 9.95. The molecule has 1 fully saturated rings. The van der Waals surface area contributed by atoms with Crippen molar-refractivity contribution in [3.8, 4) is 0 Å². The molecular formula is C11H20N2O3. The van der Waals surface area contributed by atoms with E-state index in [0.29, 0.717) is 19.5 Å². The van der Waals surface area contributed by atoms with E-state index in [2.05, 4.69) is 0 Å².